The number of carboxylic acid groups (broad SMARTS) is 1. The second kappa shape index (κ2) is 7.60. The normalized spacial score (nSPS) is 17.0. The molecular weight excluding hydrogens is 426 g/mol. The van der Waals surface area contributed by atoms with E-state index in [1.54, 1.807) is 24.3 Å². The largest absolute Gasteiger partial charge is 0.540 e. The quantitative estimate of drug-likeness (QED) is 0.443. The van der Waals surface area contributed by atoms with Crippen molar-refractivity contribution in [2.75, 3.05) is 31.1 Å². The first-order valence-corrected chi connectivity index (χ1v) is 10.7. The first-order valence-electron chi connectivity index (χ1n) is 9.30. The van der Waals surface area contributed by atoms with E-state index < -0.39 is 33.7 Å². The molecule has 2 heterocycles. The Morgan fingerprint density at radius 2 is 1.32 bits per heavy atom. The second-order valence-electron chi connectivity index (χ2n) is 6.97. The molecule has 2 aliphatic rings. The third-order valence-electron chi connectivity index (χ3n) is 5.23. The fraction of sp³-hybridized carbons (Fsp3) is 0.200. The van der Waals surface area contributed by atoms with E-state index in [1.165, 1.54) is 24.3 Å². The van der Waals surface area contributed by atoms with Crippen molar-refractivity contribution >= 4 is 39.4 Å². The predicted octanol–water partition coefficient (Wildman–Crippen LogP) is -0.930. The molecule has 2 aromatic carbocycles. The molecule has 31 heavy (non-hydrogen) atoms. The molecule has 0 unspecified atom stereocenters. The molecule has 2 aromatic rings. The van der Waals surface area contributed by atoms with Gasteiger partial charge in [0.25, 0.3) is 17.7 Å². The van der Waals surface area contributed by atoms with Gasteiger partial charge >= 0.3 is 0 Å². The summed E-state index contributed by atoms with van der Waals surface area (Å²) in [4.78, 5) is 49.2. The number of piperazine rings is 1. The van der Waals surface area contributed by atoms with Gasteiger partial charge in [0.05, 0.1) is 21.7 Å². The molecule has 1 fully saturated rings. The van der Waals surface area contributed by atoms with Gasteiger partial charge in [-0.1, -0.05) is 12.1 Å². The van der Waals surface area contributed by atoms with Crippen LogP contribution in [0.1, 0.15) is 20.7 Å². The number of hydrogen-bond acceptors (Lipinski definition) is 7. The van der Waals surface area contributed by atoms with E-state index in [0.717, 1.165) is 14.1 Å². The maximum absolute atomic E-state index is 12.9. The summed E-state index contributed by atoms with van der Waals surface area (Å²) in [7, 11) is -3.91. The van der Waals surface area contributed by atoms with Crippen molar-refractivity contribution < 1.29 is 32.7 Å². The Kier molecular flexibility index (Phi) is 5.07. The number of fused-ring (bicyclic) bond motifs is 1. The molecular formula is C20H16N3O7S-. The molecule has 160 valence electrons. The van der Waals surface area contributed by atoms with E-state index in [4.69, 9.17) is 0 Å². The molecule has 11 heteroatoms. The number of anilines is 1. The van der Waals surface area contributed by atoms with E-state index in [0.29, 0.717) is 0 Å². The zero-order valence-electron chi connectivity index (χ0n) is 16.1. The molecule has 0 saturated carbocycles. The Morgan fingerprint density at radius 1 is 0.806 bits per heavy atom. The van der Waals surface area contributed by atoms with E-state index in [1.807, 2.05) is 0 Å². The van der Waals surface area contributed by atoms with Crippen LogP contribution in [0, 0.1) is 0 Å². The fourth-order valence-corrected chi connectivity index (χ4v) is 5.02. The summed E-state index contributed by atoms with van der Waals surface area (Å²) < 4.78 is 26.9. The zero-order valence-corrected chi connectivity index (χ0v) is 16.9. The molecule has 0 atom stereocenters. The van der Waals surface area contributed by atoms with Crippen LogP contribution in [0.25, 0.3) is 0 Å². The minimum absolute atomic E-state index is 0.0486. The van der Waals surface area contributed by atoms with Crippen LogP contribution in [0.4, 0.5) is 5.69 Å². The van der Waals surface area contributed by atoms with Crippen LogP contribution in [-0.2, 0) is 19.6 Å². The summed E-state index contributed by atoms with van der Waals surface area (Å²) in [6, 6.07) is 11.8. The van der Waals surface area contributed by atoms with E-state index in [2.05, 4.69) is 0 Å². The summed E-state index contributed by atoms with van der Waals surface area (Å²) in [6.07, 6.45) is 0. The van der Waals surface area contributed by atoms with Gasteiger partial charge in [-0.3, -0.25) is 14.4 Å². The predicted molar refractivity (Wildman–Crippen MR) is 104 cm³/mol. The highest BCUT2D eigenvalue weighted by molar-refractivity contribution is 7.89. The van der Waals surface area contributed by atoms with Crippen LogP contribution in [0.5, 0.6) is 0 Å². The lowest BCUT2D eigenvalue weighted by Crippen LogP contribution is -2.54. The molecule has 3 amide bonds. The van der Waals surface area contributed by atoms with Gasteiger partial charge in [0.2, 0.25) is 10.0 Å². The highest BCUT2D eigenvalue weighted by atomic mass is 32.2. The second-order valence-corrected chi connectivity index (χ2v) is 8.91. The van der Waals surface area contributed by atoms with Gasteiger partial charge < -0.3 is 14.8 Å². The molecule has 10 nitrogen and oxygen atoms in total. The van der Waals surface area contributed by atoms with Crippen LogP contribution in [0.15, 0.2) is 53.4 Å². The lowest BCUT2D eigenvalue weighted by Gasteiger charge is -2.34. The third kappa shape index (κ3) is 3.47. The van der Waals surface area contributed by atoms with Gasteiger partial charge in [0, 0.05) is 26.2 Å². The monoisotopic (exact) mass is 442 g/mol. The number of nitrogens with zero attached hydrogens (tertiary/aromatic N) is 3. The minimum atomic E-state index is -3.91. The van der Waals surface area contributed by atoms with Crippen molar-refractivity contribution in [2.45, 2.75) is 4.90 Å². The average Bonchev–Trinajstić information content (AvgIpc) is 3.03. The van der Waals surface area contributed by atoms with Crippen LogP contribution in [0.2, 0.25) is 0 Å². The van der Waals surface area contributed by atoms with E-state index in [-0.39, 0.29) is 47.9 Å². The Morgan fingerprint density at radius 3 is 1.81 bits per heavy atom. The summed E-state index contributed by atoms with van der Waals surface area (Å²) >= 11 is 0. The smallest absolute Gasteiger partial charge is 0.269 e. The average molecular weight is 442 g/mol. The number of sulfonamides is 1. The molecule has 0 bridgehead atoms. The van der Waals surface area contributed by atoms with Crippen LogP contribution in [0.3, 0.4) is 0 Å². The Labute approximate surface area is 177 Å². The van der Waals surface area contributed by atoms with E-state index >= 15 is 0 Å². The topological polar surface area (TPSA) is 135 Å². The number of amides is 3. The highest BCUT2D eigenvalue weighted by Gasteiger charge is 2.36. The standard InChI is InChI=1S/C20H17N3O7S/c24-17-15-3-1-2-4-16(15)18(25)23(17)13-5-7-14(8-6-13)31(29,30)22-11-9-21(10-12-22)19(26)20(27)28/h1-8H,9-12H2,(H,27,28)/p-1. The van der Waals surface area contributed by atoms with Crippen molar-refractivity contribution in [1.82, 2.24) is 9.21 Å². The minimum Gasteiger partial charge on any atom is -0.540 e. The molecule has 0 aromatic heterocycles. The van der Waals surface area contributed by atoms with Gasteiger partial charge in [-0.2, -0.15) is 4.31 Å². The lowest BCUT2D eigenvalue weighted by molar-refractivity contribution is -0.301. The molecule has 2 aliphatic heterocycles. The number of carbonyl (C=O) groups excluding carboxylic acids is 4. The first-order chi connectivity index (χ1) is 14.7. The Balaban J connectivity index is 1.51. The van der Waals surface area contributed by atoms with Crippen molar-refractivity contribution in [3.05, 3.63) is 59.7 Å². The van der Waals surface area contributed by atoms with Gasteiger partial charge in [-0.15, -0.1) is 0 Å². The Hall–Kier alpha value is -3.57. The number of carbonyl (C=O) groups is 4. The van der Waals surface area contributed by atoms with Crippen molar-refractivity contribution in [3.8, 4) is 0 Å². The van der Waals surface area contributed by atoms with Crippen molar-refractivity contribution in [1.29, 1.82) is 0 Å². The summed E-state index contributed by atoms with van der Waals surface area (Å²) in [5.74, 6) is -3.97. The van der Waals surface area contributed by atoms with Crippen molar-refractivity contribution in [2.24, 2.45) is 0 Å². The summed E-state index contributed by atoms with van der Waals surface area (Å²) in [5.41, 5.74) is 0.816. The maximum atomic E-state index is 12.9. The summed E-state index contributed by atoms with van der Waals surface area (Å²) in [5, 5.41) is 10.7. The number of aliphatic carboxylic acids is 1. The molecule has 0 spiro atoms. The number of imide groups is 1. The fourth-order valence-electron chi connectivity index (χ4n) is 3.60. The highest BCUT2D eigenvalue weighted by Crippen LogP contribution is 2.29. The summed E-state index contributed by atoms with van der Waals surface area (Å²) in [6.45, 7) is -0.276. The molecule has 4 rings (SSSR count). The number of benzene rings is 2. The number of rotatable bonds is 3. The van der Waals surface area contributed by atoms with Gasteiger partial charge in [-0.25, -0.2) is 13.3 Å². The molecule has 0 radical (unpaired) electrons. The van der Waals surface area contributed by atoms with Crippen LogP contribution in [-0.4, -0.2) is 67.5 Å². The zero-order chi connectivity index (χ0) is 22.3. The lowest BCUT2D eigenvalue weighted by atomic mass is 10.1. The van der Waals surface area contributed by atoms with Gasteiger partial charge in [0.1, 0.15) is 5.97 Å². The molecule has 0 N–H and O–H groups in total. The van der Waals surface area contributed by atoms with E-state index in [9.17, 15) is 32.7 Å². The van der Waals surface area contributed by atoms with Gasteiger partial charge in [0.15, 0.2) is 0 Å². The number of hydrogen-bond donors (Lipinski definition) is 0. The van der Waals surface area contributed by atoms with Crippen LogP contribution < -0.4 is 10.0 Å². The first kappa shape index (κ1) is 20.7. The molecule has 0 aliphatic carbocycles. The third-order valence-corrected chi connectivity index (χ3v) is 7.14. The molecule has 1 saturated heterocycles. The SMILES string of the molecule is O=C([O-])C(=O)N1CCN(S(=O)(=O)c2ccc(N3C(=O)c4ccccc4C3=O)cc2)CC1. The Bertz CT molecular complexity index is 1160. The van der Waals surface area contributed by atoms with Gasteiger partial charge in [-0.05, 0) is 36.4 Å². The maximum Gasteiger partial charge on any atom is 0.269 e. The number of carboxylic acids is 1. The van der Waals surface area contributed by atoms with Crippen molar-refractivity contribution in [3.63, 3.8) is 0 Å². The van der Waals surface area contributed by atoms with Crippen LogP contribution >= 0.6 is 0 Å².